The van der Waals surface area contributed by atoms with Gasteiger partial charge in [-0.2, -0.15) is 4.37 Å². The smallest absolute Gasteiger partial charge is 0.265 e. The third-order valence-electron chi connectivity index (χ3n) is 4.70. The lowest BCUT2D eigenvalue weighted by Gasteiger charge is -2.23. The average molecular weight is 533 g/mol. The average Bonchev–Trinajstić information content (AvgIpc) is 3.27. The number of likely N-dealkylation sites (N-methyl/N-ethyl adjacent to an activating group) is 2. The van der Waals surface area contributed by atoms with Gasteiger partial charge in [-0.25, -0.2) is 17.8 Å². The molecule has 0 aliphatic rings. The summed E-state index contributed by atoms with van der Waals surface area (Å²) in [5.41, 5.74) is 1.87. The van der Waals surface area contributed by atoms with E-state index >= 15 is 0 Å². The minimum absolute atomic E-state index is 0.0576. The topological polar surface area (TPSA) is 99.2 Å². The first kappa shape index (κ1) is 25.4. The molecule has 0 saturated carbocycles. The number of benzene rings is 2. The number of nitrogens with zero attached hydrogens (tertiary/aromatic N) is 3. The van der Waals surface area contributed by atoms with Gasteiger partial charge < -0.3 is 15.5 Å². The molecule has 0 spiro atoms. The van der Waals surface area contributed by atoms with Crippen molar-refractivity contribution in [3.05, 3.63) is 58.1 Å². The molecule has 0 aliphatic carbocycles. The van der Waals surface area contributed by atoms with Crippen LogP contribution in [0.3, 0.4) is 0 Å². The van der Waals surface area contributed by atoms with Gasteiger partial charge in [0.2, 0.25) is 5.13 Å². The molecule has 8 nitrogen and oxygen atoms in total. The Morgan fingerprint density at radius 1 is 1.21 bits per heavy atom. The predicted octanol–water partition coefficient (Wildman–Crippen LogP) is 4.44. The fourth-order valence-corrected chi connectivity index (χ4v) is 5.40. The number of hydrogen-bond donors (Lipinski definition) is 3. The molecule has 3 rings (SSSR count). The zero-order valence-corrected chi connectivity index (χ0v) is 21.0. The van der Waals surface area contributed by atoms with Gasteiger partial charge in [0, 0.05) is 48.9 Å². The van der Waals surface area contributed by atoms with Crippen LogP contribution >= 0.6 is 34.7 Å². The Labute approximate surface area is 206 Å². The van der Waals surface area contributed by atoms with E-state index in [2.05, 4.69) is 29.6 Å². The Kier molecular flexibility index (Phi) is 8.71. The number of nitrogens with one attached hydrogen (secondary N) is 3. The second kappa shape index (κ2) is 11.3. The molecular weight excluding hydrogens is 510 g/mol. The number of hydrogen-bond acceptors (Lipinski definition) is 8. The van der Waals surface area contributed by atoms with E-state index in [1.54, 1.807) is 6.07 Å². The lowest BCUT2D eigenvalue weighted by atomic mass is 10.1. The molecule has 1 heterocycles. The molecule has 0 radical (unpaired) electrons. The number of aromatic nitrogens is 2. The minimum atomic E-state index is -4.12. The summed E-state index contributed by atoms with van der Waals surface area (Å²) >= 11 is 13.2. The summed E-state index contributed by atoms with van der Waals surface area (Å²) in [6, 6.07) is 7.59. The van der Waals surface area contributed by atoms with Crippen molar-refractivity contribution in [3.8, 4) is 0 Å². The van der Waals surface area contributed by atoms with Crippen molar-refractivity contribution >= 4 is 61.3 Å². The van der Waals surface area contributed by atoms with Crippen LogP contribution in [0, 0.1) is 5.82 Å². The Bertz CT molecular complexity index is 1200. The van der Waals surface area contributed by atoms with E-state index in [-0.39, 0.29) is 22.4 Å². The highest BCUT2D eigenvalue weighted by molar-refractivity contribution is 7.93. The molecule has 13 heteroatoms. The second-order valence-electron chi connectivity index (χ2n) is 7.02. The maximum atomic E-state index is 14.8. The van der Waals surface area contributed by atoms with Gasteiger partial charge in [0.05, 0.1) is 10.7 Å². The van der Waals surface area contributed by atoms with Crippen LogP contribution in [0.5, 0.6) is 0 Å². The molecular formula is C20H23Cl2FN6O2S2. The molecule has 2 aromatic carbocycles. The fourth-order valence-electron chi connectivity index (χ4n) is 3.03. The van der Waals surface area contributed by atoms with Crippen LogP contribution in [0.1, 0.15) is 12.5 Å². The zero-order valence-electron chi connectivity index (χ0n) is 17.9. The summed E-state index contributed by atoms with van der Waals surface area (Å²) in [5.74, 6) is -0.756. The summed E-state index contributed by atoms with van der Waals surface area (Å²) < 4.78 is 45.9. The van der Waals surface area contributed by atoms with E-state index in [4.69, 9.17) is 23.2 Å². The van der Waals surface area contributed by atoms with Crippen molar-refractivity contribution in [1.29, 1.82) is 0 Å². The highest BCUT2D eigenvalue weighted by atomic mass is 35.5. The lowest BCUT2D eigenvalue weighted by molar-refractivity contribution is 0.596. The molecule has 3 N–H and O–H groups in total. The van der Waals surface area contributed by atoms with Gasteiger partial charge in [-0.15, -0.1) is 0 Å². The molecule has 0 amide bonds. The van der Waals surface area contributed by atoms with Crippen LogP contribution in [0.2, 0.25) is 10.0 Å². The maximum absolute atomic E-state index is 14.8. The summed E-state index contributed by atoms with van der Waals surface area (Å²) in [6.07, 6.45) is 1.21. The second-order valence-corrected chi connectivity index (χ2v) is 10.3. The van der Waals surface area contributed by atoms with E-state index in [0.29, 0.717) is 5.02 Å². The largest absolute Gasteiger partial charge is 0.378 e. The number of sulfonamides is 1. The fraction of sp³-hybridized carbons (Fsp3) is 0.300. The van der Waals surface area contributed by atoms with E-state index in [1.807, 2.05) is 26.1 Å². The van der Waals surface area contributed by atoms with Crippen molar-refractivity contribution < 1.29 is 12.8 Å². The molecule has 33 heavy (non-hydrogen) atoms. The first-order chi connectivity index (χ1) is 15.7. The molecule has 3 aromatic rings. The standard InChI is InChI=1S/C20H23Cl2FN6O2S2/c1-3-24-6-7-29(2)18-8-14(21)5-4-13(18)11-25-17-9-15(22)19(10-16(17)23)33(30,31)28-20-26-12-27-32-20/h4-5,8-10,12,24-25H,3,6-7,11H2,1-2H3,(H,26,27,28). The highest BCUT2D eigenvalue weighted by Gasteiger charge is 2.22. The Morgan fingerprint density at radius 2 is 2.00 bits per heavy atom. The summed E-state index contributed by atoms with van der Waals surface area (Å²) in [7, 11) is -2.17. The quantitative estimate of drug-likeness (QED) is 0.314. The molecule has 0 atom stereocenters. The van der Waals surface area contributed by atoms with Crippen LogP contribution in [0.4, 0.5) is 20.9 Å². The first-order valence-electron chi connectivity index (χ1n) is 9.94. The number of halogens is 3. The molecule has 0 fully saturated rings. The Morgan fingerprint density at radius 3 is 2.70 bits per heavy atom. The SMILES string of the molecule is CCNCCN(C)c1cc(Cl)ccc1CNc1cc(Cl)c(S(=O)(=O)Nc2ncns2)cc1F. The van der Waals surface area contributed by atoms with Gasteiger partial charge in [-0.05, 0) is 36.4 Å². The van der Waals surface area contributed by atoms with Crippen LogP contribution < -0.4 is 20.3 Å². The van der Waals surface area contributed by atoms with Gasteiger partial charge in [0.1, 0.15) is 17.0 Å². The van der Waals surface area contributed by atoms with Crippen LogP contribution in [-0.2, 0) is 16.6 Å². The van der Waals surface area contributed by atoms with Crippen molar-refractivity contribution in [2.24, 2.45) is 0 Å². The highest BCUT2D eigenvalue weighted by Crippen LogP contribution is 2.31. The Hall–Kier alpha value is -2.18. The molecule has 0 bridgehead atoms. The van der Waals surface area contributed by atoms with E-state index in [9.17, 15) is 12.8 Å². The van der Waals surface area contributed by atoms with Crippen LogP contribution in [-0.4, -0.2) is 44.5 Å². The number of rotatable bonds is 11. The van der Waals surface area contributed by atoms with Crippen molar-refractivity contribution in [3.63, 3.8) is 0 Å². The van der Waals surface area contributed by atoms with Gasteiger partial charge >= 0.3 is 0 Å². The third-order valence-corrected chi connectivity index (χ3v) is 7.44. The lowest BCUT2D eigenvalue weighted by Crippen LogP contribution is -2.29. The van der Waals surface area contributed by atoms with Crippen molar-refractivity contribution in [2.75, 3.05) is 41.6 Å². The summed E-state index contributed by atoms with van der Waals surface area (Å²) in [4.78, 5) is 5.43. The van der Waals surface area contributed by atoms with Gasteiger partial charge in [-0.3, -0.25) is 4.72 Å². The molecule has 0 saturated heterocycles. The van der Waals surface area contributed by atoms with E-state index in [0.717, 1.165) is 48.5 Å². The van der Waals surface area contributed by atoms with Crippen molar-refractivity contribution in [1.82, 2.24) is 14.7 Å². The maximum Gasteiger partial charge on any atom is 0.265 e. The van der Waals surface area contributed by atoms with Gasteiger partial charge in [-0.1, -0.05) is 36.2 Å². The van der Waals surface area contributed by atoms with E-state index < -0.39 is 20.7 Å². The number of anilines is 3. The normalized spacial score (nSPS) is 11.4. The summed E-state index contributed by atoms with van der Waals surface area (Å²) in [5, 5.41) is 6.79. The molecule has 0 unspecified atom stereocenters. The minimum Gasteiger partial charge on any atom is -0.378 e. The Balaban J connectivity index is 1.78. The molecule has 0 aliphatic heterocycles. The van der Waals surface area contributed by atoms with Crippen LogP contribution in [0.25, 0.3) is 0 Å². The van der Waals surface area contributed by atoms with Crippen LogP contribution in [0.15, 0.2) is 41.6 Å². The monoisotopic (exact) mass is 532 g/mol. The van der Waals surface area contributed by atoms with Gasteiger partial charge in [0.25, 0.3) is 10.0 Å². The molecule has 178 valence electrons. The first-order valence-corrected chi connectivity index (χ1v) is 12.9. The predicted molar refractivity (Wildman–Crippen MR) is 133 cm³/mol. The zero-order chi connectivity index (χ0) is 24.0. The third kappa shape index (κ3) is 6.67. The molecule has 1 aromatic heterocycles. The van der Waals surface area contributed by atoms with Crippen molar-refractivity contribution in [2.45, 2.75) is 18.4 Å². The summed E-state index contributed by atoms with van der Waals surface area (Å²) in [6.45, 7) is 4.75. The van der Waals surface area contributed by atoms with E-state index in [1.165, 1.54) is 12.4 Å². The van der Waals surface area contributed by atoms with Gasteiger partial charge in [0.15, 0.2) is 0 Å².